The van der Waals surface area contributed by atoms with E-state index in [2.05, 4.69) is 0 Å². The molecule has 0 unspecified atom stereocenters. The van der Waals surface area contributed by atoms with Crippen molar-refractivity contribution in [2.24, 2.45) is 0 Å². The highest BCUT2D eigenvalue weighted by atomic mass is 16.6. The molecule has 0 bridgehead atoms. The molecule has 0 aromatic heterocycles. The number of hydrogen-bond donors (Lipinski definition) is 2. The molecule has 0 saturated heterocycles. The van der Waals surface area contributed by atoms with Crippen LogP contribution in [0.15, 0.2) is 18.2 Å². The molecule has 17 heavy (non-hydrogen) atoms. The van der Waals surface area contributed by atoms with E-state index >= 15 is 0 Å². The fourth-order valence-electron chi connectivity index (χ4n) is 1.27. The third kappa shape index (κ3) is 3.51. The van der Waals surface area contributed by atoms with Crippen molar-refractivity contribution < 1.29 is 24.7 Å². The quantitative estimate of drug-likeness (QED) is 0.433. The van der Waals surface area contributed by atoms with Crippen molar-refractivity contribution in [3.63, 3.8) is 0 Å². The molecule has 0 spiro atoms. The number of carboxylic acid groups (broad SMARTS) is 1. The van der Waals surface area contributed by atoms with Gasteiger partial charge in [0.05, 0.1) is 30.3 Å². The smallest absolute Gasteiger partial charge is 0.336 e. The number of nitrogens with zero attached hydrogens (tertiary/aromatic N) is 1. The third-order valence-electron chi connectivity index (χ3n) is 2.02. The number of nitro benzene ring substituents is 1. The molecule has 0 radical (unpaired) electrons. The first-order valence-corrected chi connectivity index (χ1v) is 4.75. The predicted molar refractivity (Wildman–Crippen MR) is 56.8 cm³/mol. The fourth-order valence-corrected chi connectivity index (χ4v) is 1.27. The minimum atomic E-state index is -1.18. The highest BCUT2D eigenvalue weighted by Gasteiger charge is 2.15. The van der Waals surface area contributed by atoms with Gasteiger partial charge in [-0.3, -0.25) is 10.1 Å². The Bertz CT molecular complexity index is 431. The molecule has 0 aliphatic heterocycles. The summed E-state index contributed by atoms with van der Waals surface area (Å²) in [6.07, 6.45) is 0. The Balaban J connectivity index is 2.98. The summed E-state index contributed by atoms with van der Waals surface area (Å²) >= 11 is 0. The standard InChI is InChI=1S/C10H11NO6/c12-3-4-17-6-7-5-8(11(15)16)1-2-9(7)10(13)14/h1-2,5,12H,3-4,6H2,(H,13,14). The Labute approximate surface area is 96.4 Å². The topological polar surface area (TPSA) is 110 Å². The van der Waals surface area contributed by atoms with Crippen molar-refractivity contribution in [3.05, 3.63) is 39.4 Å². The second-order valence-electron chi connectivity index (χ2n) is 3.18. The maximum Gasteiger partial charge on any atom is 0.336 e. The van der Waals surface area contributed by atoms with Gasteiger partial charge in [-0.15, -0.1) is 0 Å². The molecule has 0 aliphatic rings. The van der Waals surface area contributed by atoms with E-state index in [1.165, 1.54) is 0 Å². The lowest BCUT2D eigenvalue weighted by Crippen LogP contribution is -2.06. The van der Waals surface area contributed by atoms with Gasteiger partial charge in [0.15, 0.2) is 0 Å². The van der Waals surface area contributed by atoms with Crippen molar-refractivity contribution >= 4 is 11.7 Å². The molecule has 0 amide bonds. The molecule has 0 aliphatic carbocycles. The van der Waals surface area contributed by atoms with E-state index in [1.54, 1.807) is 0 Å². The summed E-state index contributed by atoms with van der Waals surface area (Å²) in [5.74, 6) is -1.18. The fraction of sp³-hybridized carbons (Fsp3) is 0.300. The number of nitro groups is 1. The van der Waals surface area contributed by atoms with Crippen LogP contribution in [0.4, 0.5) is 5.69 Å². The van der Waals surface area contributed by atoms with Crippen molar-refractivity contribution in [1.82, 2.24) is 0 Å². The van der Waals surface area contributed by atoms with Gasteiger partial charge in [-0.25, -0.2) is 4.79 Å². The lowest BCUT2D eigenvalue weighted by atomic mass is 10.1. The van der Waals surface area contributed by atoms with E-state index in [-0.39, 0.29) is 36.6 Å². The minimum absolute atomic E-state index is 0.0434. The van der Waals surface area contributed by atoms with E-state index in [0.29, 0.717) is 0 Å². The van der Waals surface area contributed by atoms with E-state index < -0.39 is 10.9 Å². The van der Waals surface area contributed by atoms with Gasteiger partial charge in [0.2, 0.25) is 0 Å². The number of carbonyl (C=O) groups is 1. The van der Waals surface area contributed by atoms with Gasteiger partial charge in [0.1, 0.15) is 0 Å². The highest BCUT2D eigenvalue weighted by molar-refractivity contribution is 5.89. The van der Waals surface area contributed by atoms with Crippen LogP contribution < -0.4 is 0 Å². The Morgan fingerprint density at radius 2 is 2.18 bits per heavy atom. The second-order valence-corrected chi connectivity index (χ2v) is 3.18. The van der Waals surface area contributed by atoms with Gasteiger partial charge in [-0.1, -0.05) is 0 Å². The van der Waals surface area contributed by atoms with Crippen LogP contribution in [0.2, 0.25) is 0 Å². The van der Waals surface area contributed by atoms with Crippen LogP contribution in [0, 0.1) is 10.1 Å². The summed E-state index contributed by atoms with van der Waals surface area (Å²) in [7, 11) is 0. The minimum Gasteiger partial charge on any atom is -0.478 e. The molecule has 7 nitrogen and oxygen atoms in total. The lowest BCUT2D eigenvalue weighted by molar-refractivity contribution is -0.385. The molecule has 0 heterocycles. The molecule has 7 heteroatoms. The number of aliphatic hydroxyl groups is 1. The highest BCUT2D eigenvalue weighted by Crippen LogP contribution is 2.18. The van der Waals surface area contributed by atoms with E-state index in [4.69, 9.17) is 14.9 Å². The Morgan fingerprint density at radius 1 is 1.47 bits per heavy atom. The van der Waals surface area contributed by atoms with Crippen molar-refractivity contribution in [2.45, 2.75) is 6.61 Å². The average molecular weight is 241 g/mol. The number of rotatable bonds is 6. The number of ether oxygens (including phenoxy) is 1. The zero-order valence-corrected chi connectivity index (χ0v) is 8.83. The van der Waals surface area contributed by atoms with Crippen LogP contribution in [0.5, 0.6) is 0 Å². The molecule has 1 aromatic carbocycles. The molecule has 0 saturated carbocycles. The largest absolute Gasteiger partial charge is 0.478 e. The van der Waals surface area contributed by atoms with Crippen LogP contribution in [-0.2, 0) is 11.3 Å². The number of carboxylic acids is 1. The summed E-state index contributed by atoms with van der Waals surface area (Å²) < 4.78 is 4.96. The van der Waals surface area contributed by atoms with E-state index in [1.807, 2.05) is 0 Å². The Morgan fingerprint density at radius 3 is 2.71 bits per heavy atom. The number of non-ortho nitro benzene ring substituents is 1. The van der Waals surface area contributed by atoms with Crippen molar-refractivity contribution in [2.75, 3.05) is 13.2 Å². The summed E-state index contributed by atoms with van der Waals surface area (Å²) in [4.78, 5) is 20.8. The molecule has 1 aromatic rings. The molecular weight excluding hydrogens is 230 g/mol. The zero-order chi connectivity index (χ0) is 12.8. The molecular formula is C10H11NO6. The van der Waals surface area contributed by atoms with Crippen LogP contribution in [0.3, 0.4) is 0 Å². The first-order valence-electron chi connectivity index (χ1n) is 4.75. The summed E-state index contributed by atoms with van der Waals surface area (Å²) in [6.45, 7) is -0.247. The van der Waals surface area contributed by atoms with E-state index in [9.17, 15) is 14.9 Å². The monoisotopic (exact) mass is 241 g/mol. The normalized spacial score (nSPS) is 10.2. The van der Waals surface area contributed by atoms with Gasteiger partial charge in [-0.05, 0) is 11.6 Å². The van der Waals surface area contributed by atoms with E-state index in [0.717, 1.165) is 18.2 Å². The van der Waals surface area contributed by atoms with Crippen molar-refractivity contribution in [1.29, 1.82) is 0 Å². The van der Waals surface area contributed by atoms with Crippen LogP contribution >= 0.6 is 0 Å². The first-order chi connectivity index (χ1) is 8.06. The predicted octanol–water partition coefficient (Wildman–Crippen LogP) is 0.802. The van der Waals surface area contributed by atoms with Gasteiger partial charge in [0, 0.05) is 12.1 Å². The van der Waals surface area contributed by atoms with Gasteiger partial charge in [-0.2, -0.15) is 0 Å². The molecule has 2 N–H and O–H groups in total. The first kappa shape index (κ1) is 13.1. The third-order valence-corrected chi connectivity index (χ3v) is 2.02. The van der Waals surface area contributed by atoms with Crippen LogP contribution in [-0.4, -0.2) is 34.3 Å². The van der Waals surface area contributed by atoms with Gasteiger partial charge >= 0.3 is 5.97 Å². The van der Waals surface area contributed by atoms with Gasteiger partial charge < -0.3 is 14.9 Å². The van der Waals surface area contributed by atoms with Crippen molar-refractivity contribution in [3.8, 4) is 0 Å². The SMILES string of the molecule is O=C(O)c1ccc([N+](=O)[O-])cc1COCCO. The number of hydrogen-bond acceptors (Lipinski definition) is 5. The molecule has 0 atom stereocenters. The molecule has 0 fully saturated rings. The zero-order valence-electron chi connectivity index (χ0n) is 8.83. The summed E-state index contributed by atoms with van der Waals surface area (Å²) in [6, 6.07) is 3.44. The summed E-state index contributed by atoms with van der Waals surface area (Å²) in [5, 5.41) is 27.9. The maximum atomic E-state index is 10.9. The van der Waals surface area contributed by atoms with Crippen LogP contribution in [0.25, 0.3) is 0 Å². The Hall–Kier alpha value is -1.99. The number of aliphatic hydroxyl groups excluding tert-OH is 1. The number of benzene rings is 1. The number of aromatic carboxylic acids is 1. The maximum absolute atomic E-state index is 10.9. The lowest BCUT2D eigenvalue weighted by Gasteiger charge is -2.06. The summed E-state index contributed by atoms with van der Waals surface area (Å²) in [5.41, 5.74) is -0.0358. The second kappa shape index (κ2) is 5.92. The Kier molecular flexibility index (Phi) is 4.56. The molecule has 92 valence electrons. The van der Waals surface area contributed by atoms with Gasteiger partial charge in [0.25, 0.3) is 5.69 Å². The average Bonchev–Trinajstić information content (AvgIpc) is 2.28. The van der Waals surface area contributed by atoms with Crippen LogP contribution in [0.1, 0.15) is 15.9 Å². The molecule has 1 rings (SSSR count).